The zero-order valence-electron chi connectivity index (χ0n) is 11.1. The van der Waals surface area contributed by atoms with E-state index in [2.05, 4.69) is 26.2 Å². The average Bonchev–Trinajstić information content (AvgIpc) is 2.44. The summed E-state index contributed by atoms with van der Waals surface area (Å²) >= 11 is 3.37. The monoisotopic (exact) mass is 334 g/mol. The molecule has 0 fully saturated rings. The van der Waals surface area contributed by atoms with Crippen molar-refractivity contribution in [3.05, 3.63) is 52.6 Å². The minimum atomic E-state index is -0.119. The maximum Gasteiger partial charge on any atom is 0.230 e. The second-order valence-electron chi connectivity index (χ2n) is 4.13. The maximum absolute atomic E-state index is 12.0. The van der Waals surface area contributed by atoms with E-state index in [1.807, 2.05) is 31.2 Å². The van der Waals surface area contributed by atoms with Crippen LogP contribution in [0.2, 0.25) is 0 Å². The van der Waals surface area contributed by atoms with Crippen molar-refractivity contribution in [2.24, 2.45) is 0 Å². The molecule has 0 radical (unpaired) electrons. The molecule has 1 aromatic carbocycles. The molecule has 20 heavy (non-hydrogen) atoms. The van der Waals surface area contributed by atoms with E-state index in [1.165, 1.54) is 0 Å². The number of amides is 1. The van der Waals surface area contributed by atoms with Gasteiger partial charge in [-0.25, -0.2) is 4.98 Å². The van der Waals surface area contributed by atoms with Crippen LogP contribution in [-0.2, 0) is 11.2 Å². The number of pyridine rings is 1. The summed E-state index contributed by atoms with van der Waals surface area (Å²) in [4.78, 5) is 16.1. The van der Waals surface area contributed by atoms with E-state index >= 15 is 0 Å². The second-order valence-corrected chi connectivity index (χ2v) is 5.05. The van der Waals surface area contributed by atoms with Crippen molar-refractivity contribution in [2.45, 2.75) is 13.3 Å². The summed E-state index contributed by atoms with van der Waals surface area (Å²) in [5, 5.41) is 2.77. The molecular weight excluding hydrogens is 320 g/mol. The van der Waals surface area contributed by atoms with Gasteiger partial charge >= 0.3 is 0 Å². The van der Waals surface area contributed by atoms with Crippen LogP contribution in [0.3, 0.4) is 0 Å². The van der Waals surface area contributed by atoms with Crippen LogP contribution in [0, 0.1) is 0 Å². The van der Waals surface area contributed by atoms with Gasteiger partial charge in [-0.3, -0.25) is 4.79 Å². The van der Waals surface area contributed by atoms with Crippen molar-refractivity contribution in [1.29, 1.82) is 0 Å². The summed E-state index contributed by atoms with van der Waals surface area (Å²) in [6.07, 6.45) is 1.92. The predicted octanol–water partition coefficient (Wildman–Crippen LogP) is 3.42. The predicted molar refractivity (Wildman–Crippen MR) is 81.9 cm³/mol. The summed E-state index contributed by atoms with van der Waals surface area (Å²) in [5.74, 6) is 0.919. The van der Waals surface area contributed by atoms with E-state index in [0.29, 0.717) is 24.6 Å². The Morgan fingerprint density at radius 3 is 2.75 bits per heavy atom. The lowest BCUT2D eigenvalue weighted by molar-refractivity contribution is -0.115. The van der Waals surface area contributed by atoms with Crippen LogP contribution in [0.1, 0.15) is 12.5 Å². The first-order valence-electron chi connectivity index (χ1n) is 6.31. The Morgan fingerprint density at radius 1 is 1.30 bits per heavy atom. The highest BCUT2D eigenvalue weighted by molar-refractivity contribution is 9.10. The number of aromatic nitrogens is 1. The van der Waals surface area contributed by atoms with Crippen molar-refractivity contribution in [3.8, 4) is 5.75 Å². The zero-order chi connectivity index (χ0) is 14.4. The molecule has 0 spiro atoms. The lowest BCUT2D eigenvalue weighted by Crippen LogP contribution is -2.16. The van der Waals surface area contributed by atoms with Crippen LogP contribution < -0.4 is 10.1 Å². The summed E-state index contributed by atoms with van der Waals surface area (Å²) in [6, 6.07) is 11.2. The topological polar surface area (TPSA) is 51.2 Å². The molecule has 0 atom stereocenters. The molecule has 5 heteroatoms. The number of rotatable bonds is 5. The molecule has 1 heterocycles. The smallest absolute Gasteiger partial charge is 0.230 e. The number of anilines is 1. The molecule has 0 bridgehead atoms. The highest BCUT2D eigenvalue weighted by Gasteiger charge is 2.09. The fourth-order valence-corrected chi connectivity index (χ4v) is 1.98. The fourth-order valence-electron chi connectivity index (χ4n) is 1.72. The molecule has 0 aliphatic rings. The van der Waals surface area contributed by atoms with E-state index in [-0.39, 0.29) is 5.91 Å². The molecule has 0 aliphatic heterocycles. The number of benzene rings is 1. The molecule has 2 rings (SSSR count). The van der Waals surface area contributed by atoms with Gasteiger partial charge in [0.1, 0.15) is 0 Å². The van der Waals surface area contributed by atoms with Gasteiger partial charge in [-0.15, -0.1) is 0 Å². The molecule has 4 nitrogen and oxygen atoms in total. The number of hydrogen-bond acceptors (Lipinski definition) is 3. The Hall–Kier alpha value is -1.88. The van der Waals surface area contributed by atoms with Crippen molar-refractivity contribution in [2.75, 3.05) is 11.9 Å². The first kappa shape index (κ1) is 14.5. The molecule has 1 amide bonds. The minimum Gasteiger partial charge on any atom is -0.490 e. The number of ether oxygens (including phenoxy) is 1. The number of carbonyl (C=O) groups excluding carboxylic acids is 1. The molecule has 1 aromatic heterocycles. The van der Waals surface area contributed by atoms with Gasteiger partial charge < -0.3 is 10.1 Å². The Bertz CT molecular complexity index is 585. The van der Waals surface area contributed by atoms with Gasteiger partial charge in [0.05, 0.1) is 13.0 Å². The lowest BCUT2D eigenvalue weighted by atomic mass is 10.1. The number of carbonyl (C=O) groups is 1. The van der Waals surface area contributed by atoms with Gasteiger partial charge in [-0.2, -0.15) is 0 Å². The van der Waals surface area contributed by atoms with Crippen molar-refractivity contribution in [3.63, 3.8) is 0 Å². The molecule has 2 aromatic rings. The van der Waals surface area contributed by atoms with Gasteiger partial charge in [-0.05, 0) is 36.8 Å². The number of nitrogens with zero attached hydrogens (tertiary/aromatic N) is 1. The lowest BCUT2D eigenvalue weighted by Gasteiger charge is -2.10. The number of halogens is 1. The van der Waals surface area contributed by atoms with Crippen LogP contribution in [0.25, 0.3) is 0 Å². The normalized spacial score (nSPS) is 10.1. The summed E-state index contributed by atoms with van der Waals surface area (Å²) in [6.45, 7) is 2.42. The van der Waals surface area contributed by atoms with E-state index in [1.54, 1.807) is 18.3 Å². The Balaban J connectivity index is 2.02. The van der Waals surface area contributed by atoms with Gasteiger partial charge in [0.15, 0.2) is 11.6 Å². The van der Waals surface area contributed by atoms with E-state index < -0.39 is 0 Å². The highest BCUT2D eigenvalue weighted by Crippen LogP contribution is 2.21. The Labute approximate surface area is 126 Å². The molecule has 104 valence electrons. The van der Waals surface area contributed by atoms with Crippen LogP contribution in [0.5, 0.6) is 5.75 Å². The molecule has 0 saturated carbocycles. The molecule has 1 N–H and O–H groups in total. The standard InChI is InChI=1S/C15H15BrN2O2/c1-2-20-13-4-3-9-17-15(13)18-14(19)10-11-5-7-12(16)8-6-11/h3-9H,2,10H2,1H3,(H,17,18,19). The quantitative estimate of drug-likeness (QED) is 0.911. The third-order valence-electron chi connectivity index (χ3n) is 2.61. The zero-order valence-corrected chi connectivity index (χ0v) is 12.7. The van der Waals surface area contributed by atoms with Gasteiger partial charge in [-0.1, -0.05) is 28.1 Å². The van der Waals surface area contributed by atoms with Gasteiger partial charge in [0.25, 0.3) is 0 Å². The summed E-state index contributed by atoms with van der Waals surface area (Å²) < 4.78 is 6.41. The molecule has 0 unspecified atom stereocenters. The van der Waals surface area contributed by atoms with Gasteiger partial charge in [0, 0.05) is 10.7 Å². The number of hydrogen-bond donors (Lipinski definition) is 1. The highest BCUT2D eigenvalue weighted by atomic mass is 79.9. The van der Waals surface area contributed by atoms with Crippen LogP contribution in [0.15, 0.2) is 47.1 Å². The summed E-state index contributed by atoms with van der Waals surface area (Å²) in [5.41, 5.74) is 0.944. The van der Waals surface area contributed by atoms with Crippen LogP contribution >= 0.6 is 15.9 Å². The van der Waals surface area contributed by atoms with Crippen LogP contribution in [-0.4, -0.2) is 17.5 Å². The molecule has 0 saturated heterocycles. The maximum atomic E-state index is 12.0. The van der Waals surface area contributed by atoms with Crippen molar-refractivity contribution >= 4 is 27.7 Å². The first-order valence-corrected chi connectivity index (χ1v) is 7.10. The minimum absolute atomic E-state index is 0.119. The third-order valence-corrected chi connectivity index (χ3v) is 3.13. The van der Waals surface area contributed by atoms with E-state index in [9.17, 15) is 4.79 Å². The Kier molecular flexibility index (Phi) is 5.12. The van der Waals surface area contributed by atoms with Crippen molar-refractivity contribution in [1.82, 2.24) is 4.98 Å². The molecular formula is C15H15BrN2O2. The summed E-state index contributed by atoms with van der Waals surface area (Å²) in [7, 11) is 0. The van der Waals surface area contributed by atoms with Crippen LogP contribution in [0.4, 0.5) is 5.82 Å². The number of nitrogens with one attached hydrogen (secondary N) is 1. The largest absolute Gasteiger partial charge is 0.490 e. The fraction of sp³-hybridized carbons (Fsp3) is 0.200. The SMILES string of the molecule is CCOc1cccnc1NC(=O)Cc1ccc(Br)cc1. The Morgan fingerprint density at radius 2 is 2.05 bits per heavy atom. The third kappa shape index (κ3) is 4.06. The van der Waals surface area contributed by atoms with Gasteiger partial charge in [0.2, 0.25) is 5.91 Å². The molecule has 0 aliphatic carbocycles. The first-order chi connectivity index (χ1) is 9.69. The van der Waals surface area contributed by atoms with E-state index in [4.69, 9.17) is 4.74 Å². The average molecular weight is 335 g/mol. The van der Waals surface area contributed by atoms with E-state index in [0.717, 1.165) is 10.0 Å². The second kappa shape index (κ2) is 7.05. The van der Waals surface area contributed by atoms with Crippen molar-refractivity contribution < 1.29 is 9.53 Å².